The van der Waals surface area contributed by atoms with Gasteiger partial charge in [-0.3, -0.25) is 9.69 Å². The van der Waals surface area contributed by atoms with Crippen molar-refractivity contribution in [3.05, 3.63) is 0 Å². The number of hydrogen-bond acceptors (Lipinski definition) is 2. The fourth-order valence-corrected chi connectivity index (χ4v) is 2.29. The van der Waals surface area contributed by atoms with Gasteiger partial charge in [0.25, 0.3) is 0 Å². The Balaban J connectivity index is 2.00. The normalized spacial score (nSPS) is 37.2. The summed E-state index contributed by atoms with van der Waals surface area (Å²) in [6, 6.07) is 0.617. The summed E-state index contributed by atoms with van der Waals surface area (Å²) >= 11 is 0. The van der Waals surface area contributed by atoms with Crippen LogP contribution < -0.4 is 5.32 Å². The fraction of sp³-hybridized carbons (Fsp3) is 0.889. The van der Waals surface area contributed by atoms with Crippen molar-refractivity contribution in [1.29, 1.82) is 0 Å². The second-order valence-electron chi connectivity index (χ2n) is 4.04. The second kappa shape index (κ2) is 3.05. The van der Waals surface area contributed by atoms with Gasteiger partial charge in [0, 0.05) is 32.1 Å². The average molecular weight is 168 g/mol. The zero-order chi connectivity index (χ0) is 8.55. The van der Waals surface area contributed by atoms with Gasteiger partial charge in [0.2, 0.25) is 5.91 Å². The molecule has 0 spiro atoms. The van der Waals surface area contributed by atoms with E-state index in [1.165, 1.54) is 13.0 Å². The first-order valence-corrected chi connectivity index (χ1v) is 4.76. The van der Waals surface area contributed by atoms with Crippen LogP contribution in [0.15, 0.2) is 0 Å². The molecule has 0 aromatic heterocycles. The molecular weight excluding hydrogens is 152 g/mol. The lowest BCUT2D eigenvalue weighted by atomic mass is 10.1. The predicted molar refractivity (Wildman–Crippen MR) is 46.8 cm³/mol. The van der Waals surface area contributed by atoms with Crippen LogP contribution in [0.5, 0.6) is 0 Å². The Morgan fingerprint density at radius 3 is 3.25 bits per heavy atom. The molecule has 2 aliphatic rings. The molecule has 68 valence electrons. The molecule has 2 rings (SSSR count). The van der Waals surface area contributed by atoms with Crippen molar-refractivity contribution in [2.45, 2.75) is 25.8 Å². The number of carbonyl (C=O) groups excluding carboxylic acids is 1. The standard InChI is InChI=1S/C9H16N2O/c1-7-4-8-5-10-9(12)2-3-11(8)6-7/h7-8H,2-6H2,1H3,(H,10,12). The van der Waals surface area contributed by atoms with Crippen molar-refractivity contribution >= 4 is 5.91 Å². The van der Waals surface area contributed by atoms with Crippen LogP contribution in [0.1, 0.15) is 19.8 Å². The summed E-state index contributed by atoms with van der Waals surface area (Å²) < 4.78 is 0. The average Bonchev–Trinajstić information content (AvgIpc) is 2.31. The topological polar surface area (TPSA) is 32.3 Å². The maximum atomic E-state index is 11.1. The molecule has 1 amide bonds. The van der Waals surface area contributed by atoms with Gasteiger partial charge in [-0.25, -0.2) is 0 Å². The molecule has 0 radical (unpaired) electrons. The van der Waals surface area contributed by atoms with Crippen LogP contribution >= 0.6 is 0 Å². The highest BCUT2D eigenvalue weighted by Gasteiger charge is 2.31. The fourth-order valence-electron chi connectivity index (χ4n) is 2.29. The molecule has 2 atom stereocenters. The minimum absolute atomic E-state index is 0.219. The molecule has 3 nitrogen and oxygen atoms in total. The van der Waals surface area contributed by atoms with Crippen LogP contribution in [-0.2, 0) is 4.79 Å². The van der Waals surface area contributed by atoms with Crippen molar-refractivity contribution in [3.63, 3.8) is 0 Å². The number of fused-ring (bicyclic) bond motifs is 1. The number of hydrogen-bond donors (Lipinski definition) is 1. The lowest BCUT2D eigenvalue weighted by molar-refractivity contribution is -0.120. The Bertz CT molecular complexity index is 175. The molecule has 2 fully saturated rings. The van der Waals surface area contributed by atoms with Crippen molar-refractivity contribution < 1.29 is 4.79 Å². The van der Waals surface area contributed by atoms with E-state index >= 15 is 0 Å². The Morgan fingerprint density at radius 2 is 2.42 bits per heavy atom. The molecule has 2 heterocycles. The molecule has 0 saturated carbocycles. The van der Waals surface area contributed by atoms with E-state index < -0.39 is 0 Å². The van der Waals surface area contributed by atoms with Gasteiger partial charge in [-0.2, -0.15) is 0 Å². The maximum Gasteiger partial charge on any atom is 0.221 e. The SMILES string of the molecule is CC1CC2CNC(=O)CCN2C1. The Labute approximate surface area is 73.1 Å². The zero-order valence-electron chi connectivity index (χ0n) is 7.55. The molecule has 0 aromatic rings. The van der Waals surface area contributed by atoms with E-state index in [-0.39, 0.29) is 5.91 Å². The minimum Gasteiger partial charge on any atom is -0.354 e. The van der Waals surface area contributed by atoms with Crippen molar-refractivity contribution in [1.82, 2.24) is 10.2 Å². The van der Waals surface area contributed by atoms with Crippen LogP contribution in [0.25, 0.3) is 0 Å². The van der Waals surface area contributed by atoms with Gasteiger partial charge in [-0.05, 0) is 12.3 Å². The van der Waals surface area contributed by atoms with E-state index in [0.29, 0.717) is 12.5 Å². The van der Waals surface area contributed by atoms with Crippen molar-refractivity contribution in [2.75, 3.05) is 19.6 Å². The van der Waals surface area contributed by atoms with Crippen LogP contribution in [0.3, 0.4) is 0 Å². The first-order valence-electron chi connectivity index (χ1n) is 4.76. The number of amides is 1. The molecule has 2 aliphatic heterocycles. The first-order chi connectivity index (χ1) is 5.75. The largest absolute Gasteiger partial charge is 0.354 e. The summed E-state index contributed by atoms with van der Waals surface area (Å²) in [5.41, 5.74) is 0. The van der Waals surface area contributed by atoms with Crippen molar-refractivity contribution in [2.24, 2.45) is 5.92 Å². The van der Waals surface area contributed by atoms with E-state index in [2.05, 4.69) is 17.1 Å². The third-order valence-electron chi connectivity index (χ3n) is 2.90. The van der Waals surface area contributed by atoms with Gasteiger partial charge in [0.05, 0.1) is 0 Å². The number of nitrogens with zero attached hydrogens (tertiary/aromatic N) is 1. The molecule has 0 bridgehead atoms. The van der Waals surface area contributed by atoms with E-state index in [4.69, 9.17) is 0 Å². The molecule has 0 aliphatic carbocycles. The van der Waals surface area contributed by atoms with Gasteiger partial charge in [0.15, 0.2) is 0 Å². The third kappa shape index (κ3) is 1.46. The zero-order valence-corrected chi connectivity index (χ0v) is 7.55. The molecule has 12 heavy (non-hydrogen) atoms. The summed E-state index contributed by atoms with van der Waals surface area (Å²) in [5.74, 6) is 1.03. The molecule has 0 aromatic carbocycles. The highest BCUT2D eigenvalue weighted by Crippen LogP contribution is 2.23. The minimum atomic E-state index is 0.219. The van der Waals surface area contributed by atoms with Crippen LogP contribution in [0.4, 0.5) is 0 Å². The van der Waals surface area contributed by atoms with Gasteiger partial charge in [-0.15, -0.1) is 0 Å². The summed E-state index contributed by atoms with van der Waals surface area (Å²) in [7, 11) is 0. The molecular formula is C9H16N2O. The Kier molecular flexibility index (Phi) is 2.05. The summed E-state index contributed by atoms with van der Waals surface area (Å²) in [6.45, 7) is 5.29. The van der Waals surface area contributed by atoms with Gasteiger partial charge < -0.3 is 5.32 Å². The van der Waals surface area contributed by atoms with Crippen molar-refractivity contribution in [3.8, 4) is 0 Å². The van der Waals surface area contributed by atoms with E-state index in [1.54, 1.807) is 0 Å². The quantitative estimate of drug-likeness (QED) is 0.561. The summed E-state index contributed by atoms with van der Waals surface area (Å²) in [5, 5.41) is 2.96. The Morgan fingerprint density at radius 1 is 1.58 bits per heavy atom. The first kappa shape index (κ1) is 8.05. The van der Waals surface area contributed by atoms with Crippen LogP contribution in [0, 0.1) is 5.92 Å². The van der Waals surface area contributed by atoms with Crippen LogP contribution in [0.2, 0.25) is 0 Å². The molecule has 2 unspecified atom stereocenters. The van der Waals surface area contributed by atoms with E-state index in [0.717, 1.165) is 19.0 Å². The monoisotopic (exact) mass is 168 g/mol. The smallest absolute Gasteiger partial charge is 0.221 e. The lowest BCUT2D eigenvalue weighted by Gasteiger charge is -2.19. The van der Waals surface area contributed by atoms with E-state index in [9.17, 15) is 4.79 Å². The number of nitrogens with one attached hydrogen (secondary N) is 1. The lowest BCUT2D eigenvalue weighted by Crippen LogP contribution is -2.34. The van der Waals surface area contributed by atoms with E-state index in [1.807, 2.05) is 0 Å². The summed E-state index contributed by atoms with van der Waals surface area (Å²) in [4.78, 5) is 13.5. The molecule has 2 saturated heterocycles. The third-order valence-corrected chi connectivity index (χ3v) is 2.90. The number of carbonyl (C=O) groups is 1. The summed E-state index contributed by atoms with van der Waals surface area (Å²) in [6.07, 6.45) is 1.93. The second-order valence-corrected chi connectivity index (χ2v) is 4.04. The Hall–Kier alpha value is -0.570. The van der Waals surface area contributed by atoms with Gasteiger partial charge in [0.1, 0.15) is 0 Å². The molecule has 1 N–H and O–H groups in total. The number of rotatable bonds is 0. The molecule has 3 heteroatoms. The predicted octanol–water partition coefficient (Wildman–Crippen LogP) is 0.217. The van der Waals surface area contributed by atoms with Gasteiger partial charge in [-0.1, -0.05) is 6.92 Å². The highest BCUT2D eigenvalue weighted by atomic mass is 16.1. The highest BCUT2D eigenvalue weighted by molar-refractivity contribution is 5.76. The van der Waals surface area contributed by atoms with Crippen LogP contribution in [-0.4, -0.2) is 36.5 Å². The van der Waals surface area contributed by atoms with Gasteiger partial charge >= 0.3 is 0 Å². The maximum absolute atomic E-state index is 11.1.